The summed E-state index contributed by atoms with van der Waals surface area (Å²) in [6, 6.07) is 47.7. The van der Waals surface area contributed by atoms with E-state index in [-0.39, 0.29) is 10.8 Å². The van der Waals surface area contributed by atoms with Crippen LogP contribution in [0.5, 0.6) is 0 Å². The first-order valence-electron chi connectivity index (χ1n) is 18.6. The van der Waals surface area contributed by atoms with Crippen LogP contribution >= 0.6 is 0 Å². The third kappa shape index (κ3) is 4.54. The smallest absolute Gasteiger partial charge is 0.135 e. The monoisotopic (exact) mass is 651 g/mol. The van der Waals surface area contributed by atoms with E-state index in [1.807, 2.05) is 6.07 Å². The number of furan rings is 1. The summed E-state index contributed by atoms with van der Waals surface area (Å²) < 4.78 is 6.30. The number of anilines is 3. The second-order valence-corrected chi connectivity index (χ2v) is 15.1. The number of hydrogen-bond donors (Lipinski definition) is 0. The van der Waals surface area contributed by atoms with E-state index < -0.39 is 0 Å². The average molecular weight is 652 g/mol. The maximum Gasteiger partial charge on any atom is 0.135 e. The molecule has 248 valence electrons. The molecular formula is C48H45NO. The van der Waals surface area contributed by atoms with Crippen molar-refractivity contribution < 1.29 is 4.42 Å². The Hall–Kier alpha value is -5.08. The highest BCUT2D eigenvalue weighted by Gasteiger charge is 2.42. The number of para-hydroxylation sites is 1. The lowest BCUT2D eigenvalue weighted by Gasteiger charge is -2.34. The molecule has 50 heavy (non-hydrogen) atoms. The Morgan fingerprint density at radius 3 is 1.72 bits per heavy atom. The molecule has 0 bridgehead atoms. The minimum Gasteiger partial charge on any atom is -0.456 e. The summed E-state index contributed by atoms with van der Waals surface area (Å²) >= 11 is 0. The Kier molecular flexibility index (Phi) is 7.28. The average Bonchev–Trinajstić information content (AvgIpc) is 3.74. The molecule has 6 aromatic carbocycles. The highest BCUT2D eigenvalue weighted by Crippen LogP contribution is 2.56. The fourth-order valence-corrected chi connectivity index (χ4v) is 9.33. The maximum atomic E-state index is 6.30. The molecule has 1 aromatic heterocycles. The minimum absolute atomic E-state index is 0.0198. The van der Waals surface area contributed by atoms with Crippen LogP contribution in [-0.2, 0) is 10.8 Å². The van der Waals surface area contributed by atoms with Crippen molar-refractivity contribution in [2.24, 2.45) is 0 Å². The van der Waals surface area contributed by atoms with Gasteiger partial charge in [-0.05, 0) is 106 Å². The van der Waals surface area contributed by atoms with Crippen LogP contribution in [0, 0.1) is 0 Å². The maximum absolute atomic E-state index is 6.30. The van der Waals surface area contributed by atoms with Gasteiger partial charge in [0.15, 0.2) is 0 Å². The summed E-state index contributed by atoms with van der Waals surface area (Å²) in [6.45, 7) is 9.41. The second kappa shape index (κ2) is 11.8. The van der Waals surface area contributed by atoms with Gasteiger partial charge in [0.05, 0.1) is 0 Å². The van der Waals surface area contributed by atoms with E-state index in [0.717, 1.165) is 27.6 Å². The molecule has 0 unspecified atom stereocenters. The van der Waals surface area contributed by atoms with E-state index in [4.69, 9.17) is 4.42 Å². The van der Waals surface area contributed by atoms with Crippen molar-refractivity contribution in [2.75, 3.05) is 4.90 Å². The number of unbranched alkanes of at least 4 members (excludes halogenated alkanes) is 2. The van der Waals surface area contributed by atoms with Crippen molar-refractivity contribution in [1.29, 1.82) is 0 Å². The van der Waals surface area contributed by atoms with Gasteiger partial charge in [0.25, 0.3) is 0 Å². The van der Waals surface area contributed by atoms with Crippen LogP contribution in [-0.4, -0.2) is 0 Å². The summed E-state index contributed by atoms with van der Waals surface area (Å²) in [5.41, 5.74) is 16.6. The third-order valence-electron chi connectivity index (χ3n) is 11.9. The number of nitrogens with zero attached hydrogens (tertiary/aromatic N) is 1. The van der Waals surface area contributed by atoms with Crippen LogP contribution in [0.1, 0.15) is 88.5 Å². The zero-order valence-corrected chi connectivity index (χ0v) is 29.7. The van der Waals surface area contributed by atoms with Crippen molar-refractivity contribution in [3.63, 3.8) is 0 Å². The van der Waals surface area contributed by atoms with Gasteiger partial charge in [0.2, 0.25) is 0 Å². The largest absolute Gasteiger partial charge is 0.456 e. The standard InChI is InChI=1S/C48H45NO/c1-5-7-27-48(28-8-6-2)42-19-13-10-16-36(42)38-25-22-34(31-44(38)48)49(32-23-26-46-40(29-32)39-17-11-14-20-45(39)50-46)33-21-24-37-35-15-9-12-18-41(35)47(3,4)43(37)30-33/h9-26,29-31H,5-8,27-28H2,1-4H3. The fraction of sp³-hybridized carbons (Fsp3) is 0.250. The van der Waals surface area contributed by atoms with Gasteiger partial charge in [0, 0.05) is 38.7 Å². The van der Waals surface area contributed by atoms with Crippen LogP contribution in [0.4, 0.5) is 17.1 Å². The van der Waals surface area contributed by atoms with E-state index in [2.05, 4.69) is 154 Å². The van der Waals surface area contributed by atoms with Gasteiger partial charge < -0.3 is 9.32 Å². The Bertz CT molecular complexity index is 2400. The zero-order valence-electron chi connectivity index (χ0n) is 29.7. The number of fused-ring (bicyclic) bond motifs is 9. The molecule has 0 N–H and O–H groups in total. The van der Waals surface area contributed by atoms with Gasteiger partial charge in [-0.25, -0.2) is 0 Å². The topological polar surface area (TPSA) is 16.4 Å². The molecule has 9 rings (SSSR count). The molecular weight excluding hydrogens is 607 g/mol. The van der Waals surface area contributed by atoms with Crippen molar-refractivity contribution in [1.82, 2.24) is 0 Å². The molecule has 0 fully saturated rings. The predicted octanol–water partition coefficient (Wildman–Crippen LogP) is 14.0. The van der Waals surface area contributed by atoms with E-state index in [1.165, 1.54) is 94.4 Å². The SMILES string of the molecule is CCCCC1(CCCC)c2ccccc2-c2ccc(N(c3ccc4c(c3)C(C)(C)c3ccccc3-4)c3ccc4oc5ccccc5c4c3)cc21. The van der Waals surface area contributed by atoms with Crippen LogP contribution in [0.25, 0.3) is 44.2 Å². The van der Waals surface area contributed by atoms with Crippen LogP contribution < -0.4 is 4.90 Å². The van der Waals surface area contributed by atoms with Gasteiger partial charge in [-0.15, -0.1) is 0 Å². The fourth-order valence-electron chi connectivity index (χ4n) is 9.33. The van der Waals surface area contributed by atoms with E-state index in [1.54, 1.807) is 0 Å². The highest BCUT2D eigenvalue weighted by molar-refractivity contribution is 6.06. The molecule has 0 aliphatic heterocycles. The first-order chi connectivity index (χ1) is 24.4. The first-order valence-corrected chi connectivity index (χ1v) is 18.6. The zero-order chi connectivity index (χ0) is 34.0. The Morgan fingerprint density at radius 1 is 0.480 bits per heavy atom. The summed E-state index contributed by atoms with van der Waals surface area (Å²) in [7, 11) is 0. The van der Waals surface area contributed by atoms with Crippen molar-refractivity contribution in [2.45, 2.75) is 77.0 Å². The first kappa shape index (κ1) is 30.9. The number of hydrogen-bond acceptors (Lipinski definition) is 2. The number of rotatable bonds is 9. The van der Waals surface area contributed by atoms with E-state index in [0.29, 0.717) is 0 Å². The van der Waals surface area contributed by atoms with Crippen LogP contribution in [0.15, 0.2) is 132 Å². The van der Waals surface area contributed by atoms with Gasteiger partial charge in [-0.3, -0.25) is 0 Å². The van der Waals surface area contributed by atoms with Gasteiger partial charge >= 0.3 is 0 Å². The quantitative estimate of drug-likeness (QED) is 0.154. The van der Waals surface area contributed by atoms with Gasteiger partial charge in [0.1, 0.15) is 11.2 Å². The van der Waals surface area contributed by atoms with Crippen LogP contribution in [0.3, 0.4) is 0 Å². The lowest BCUT2D eigenvalue weighted by molar-refractivity contribution is 0.414. The summed E-state index contributed by atoms with van der Waals surface area (Å²) in [4.78, 5) is 2.49. The van der Waals surface area contributed by atoms with E-state index in [9.17, 15) is 0 Å². The summed E-state index contributed by atoms with van der Waals surface area (Å²) in [6.07, 6.45) is 7.18. The predicted molar refractivity (Wildman–Crippen MR) is 211 cm³/mol. The van der Waals surface area contributed by atoms with Gasteiger partial charge in [-0.2, -0.15) is 0 Å². The Morgan fingerprint density at radius 2 is 1.00 bits per heavy atom. The third-order valence-corrected chi connectivity index (χ3v) is 11.9. The lowest BCUT2D eigenvalue weighted by atomic mass is 9.71. The highest BCUT2D eigenvalue weighted by atomic mass is 16.3. The van der Waals surface area contributed by atoms with E-state index >= 15 is 0 Å². The normalized spacial score (nSPS) is 14.8. The Balaban J connectivity index is 1.27. The molecule has 2 aliphatic carbocycles. The molecule has 2 heteroatoms. The molecule has 0 saturated carbocycles. The minimum atomic E-state index is -0.0899. The molecule has 0 radical (unpaired) electrons. The van der Waals surface area contributed by atoms with Crippen molar-refractivity contribution in [3.8, 4) is 22.3 Å². The second-order valence-electron chi connectivity index (χ2n) is 15.1. The molecule has 0 amide bonds. The van der Waals surface area contributed by atoms with Gasteiger partial charge in [-0.1, -0.05) is 132 Å². The summed E-state index contributed by atoms with van der Waals surface area (Å²) in [5, 5.41) is 2.29. The Labute approximate surface area is 296 Å². The molecule has 2 nitrogen and oxygen atoms in total. The van der Waals surface area contributed by atoms with Crippen molar-refractivity contribution in [3.05, 3.63) is 150 Å². The molecule has 0 saturated heterocycles. The molecule has 0 atom stereocenters. The van der Waals surface area contributed by atoms with Crippen molar-refractivity contribution >= 4 is 39.0 Å². The molecule has 0 spiro atoms. The summed E-state index contributed by atoms with van der Waals surface area (Å²) in [5.74, 6) is 0. The molecule has 1 heterocycles. The molecule has 7 aromatic rings. The molecule has 2 aliphatic rings. The lowest BCUT2D eigenvalue weighted by Crippen LogP contribution is -2.25. The number of benzene rings is 6. The van der Waals surface area contributed by atoms with Crippen LogP contribution in [0.2, 0.25) is 0 Å².